The highest BCUT2D eigenvalue weighted by Gasteiger charge is 2.43. The Morgan fingerprint density at radius 1 is 1.58 bits per heavy atom. The van der Waals surface area contributed by atoms with Crippen LogP contribution in [0.25, 0.3) is 0 Å². The van der Waals surface area contributed by atoms with E-state index in [1.807, 2.05) is 0 Å². The van der Waals surface area contributed by atoms with Crippen LogP contribution < -0.4 is 0 Å². The zero-order chi connectivity index (χ0) is 14.0. The molecule has 1 N–H and O–H groups in total. The van der Waals surface area contributed by atoms with E-state index in [2.05, 4.69) is 28.9 Å². The molecule has 0 aromatic heterocycles. The summed E-state index contributed by atoms with van der Waals surface area (Å²) in [7, 11) is 0. The van der Waals surface area contributed by atoms with E-state index < -0.39 is 17.3 Å². The van der Waals surface area contributed by atoms with E-state index in [1.165, 1.54) is 6.07 Å². The number of hydrogen-bond acceptors (Lipinski definition) is 2. The Kier molecular flexibility index (Phi) is 4.27. The molecule has 1 fully saturated rings. The second-order valence-electron chi connectivity index (χ2n) is 5.54. The van der Waals surface area contributed by atoms with Crippen molar-refractivity contribution in [1.82, 2.24) is 0 Å². The summed E-state index contributed by atoms with van der Waals surface area (Å²) in [5.74, 6) is -0.0729. The van der Waals surface area contributed by atoms with Crippen molar-refractivity contribution in [2.24, 2.45) is 11.3 Å². The first-order chi connectivity index (χ1) is 8.98. The highest BCUT2D eigenvalue weighted by molar-refractivity contribution is 9.10. The van der Waals surface area contributed by atoms with Crippen LogP contribution in [0, 0.1) is 28.5 Å². The topological polar surface area (TPSA) is 44.0 Å². The highest BCUT2D eigenvalue weighted by atomic mass is 79.9. The Morgan fingerprint density at radius 2 is 2.32 bits per heavy atom. The summed E-state index contributed by atoms with van der Waals surface area (Å²) in [4.78, 5) is 0. The van der Waals surface area contributed by atoms with Crippen LogP contribution >= 0.6 is 15.9 Å². The van der Waals surface area contributed by atoms with Crippen LogP contribution in [0.5, 0.6) is 0 Å². The van der Waals surface area contributed by atoms with Crippen LogP contribution in [0.1, 0.15) is 44.3 Å². The predicted octanol–water partition coefficient (Wildman–Crippen LogP) is 4.34. The van der Waals surface area contributed by atoms with Crippen molar-refractivity contribution in [3.8, 4) is 6.07 Å². The summed E-state index contributed by atoms with van der Waals surface area (Å²) in [6, 6.07) is 6.84. The van der Waals surface area contributed by atoms with E-state index in [9.17, 15) is 14.8 Å². The first-order valence-corrected chi connectivity index (χ1v) is 7.32. The molecular weight excluding hydrogens is 309 g/mol. The molecule has 0 aliphatic heterocycles. The summed E-state index contributed by atoms with van der Waals surface area (Å²) in [5, 5.41) is 20.0. The second kappa shape index (κ2) is 5.60. The van der Waals surface area contributed by atoms with Gasteiger partial charge in [-0.05, 0) is 30.9 Å². The molecule has 1 aliphatic carbocycles. The predicted molar refractivity (Wildman–Crippen MR) is 74.7 cm³/mol. The van der Waals surface area contributed by atoms with Crippen molar-refractivity contribution in [2.45, 2.75) is 38.7 Å². The molecule has 0 spiro atoms. The average molecular weight is 326 g/mol. The van der Waals surface area contributed by atoms with E-state index in [0.29, 0.717) is 23.2 Å². The Labute approximate surface area is 121 Å². The van der Waals surface area contributed by atoms with Gasteiger partial charge in [0.15, 0.2) is 0 Å². The molecule has 0 heterocycles. The van der Waals surface area contributed by atoms with Gasteiger partial charge in [0.25, 0.3) is 0 Å². The number of aliphatic hydroxyl groups is 1. The fraction of sp³-hybridized carbons (Fsp3) is 0.533. The lowest BCUT2D eigenvalue weighted by Gasteiger charge is -2.38. The molecule has 1 aliphatic rings. The molecule has 2 rings (SSSR count). The normalized spacial score (nSPS) is 28.7. The number of aliphatic hydroxyl groups excluding tert-OH is 1. The fourth-order valence-corrected chi connectivity index (χ4v) is 3.36. The molecule has 0 saturated heterocycles. The third-order valence-electron chi connectivity index (χ3n) is 4.04. The summed E-state index contributed by atoms with van der Waals surface area (Å²) in [5.41, 5.74) is -0.634. The smallest absolute Gasteiger partial charge is 0.130 e. The Morgan fingerprint density at radius 3 is 2.89 bits per heavy atom. The van der Waals surface area contributed by atoms with Crippen LogP contribution in [-0.2, 0) is 0 Å². The zero-order valence-corrected chi connectivity index (χ0v) is 12.5. The van der Waals surface area contributed by atoms with E-state index in [0.717, 1.165) is 12.8 Å². The molecule has 0 radical (unpaired) electrons. The summed E-state index contributed by atoms with van der Waals surface area (Å²) in [6.07, 6.45) is 2.17. The lowest BCUT2D eigenvalue weighted by atomic mass is 9.66. The largest absolute Gasteiger partial charge is 0.387 e. The van der Waals surface area contributed by atoms with Crippen molar-refractivity contribution >= 4 is 15.9 Å². The summed E-state index contributed by atoms with van der Waals surface area (Å²) in [6.45, 7) is 2.08. The van der Waals surface area contributed by atoms with Crippen LogP contribution in [0.4, 0.5) is 4.39 Å². The molecule has 3 unspecified atom stereocenters. The van der Waals surface area contributed by atoms with E-state index in [-0.39, 0.29) is 5.56 Å². The van der Waals surface area contributed by atoms with Gasteiger partial charge in [-0.1, -0.05) is 41.8 Å². The van der Waals surface area contributed by atoms with E-state index >= 15 is 0 Å². The number of hydrogen-bond donors (Lipinski definition) is 1. The zero-order valence-electron chi connectivity index (χ0n) is 10.9. The molecule has 1 saturated carbocycles. The van der Waals surface area contributed by atoms with Crippen molar-refractivity contribution in [3.05, 3.63) is 34.1 Å². The molecule has 2 nitrogen and oxygen atoms in total. The standard InChI is InChI=1S/C15H17BrFNO/c1-10-3-2-6-15(8-10,9-18)14(19)12-5-4-11(16)7-13(12)17/h4-5,7,10,14,19H,2-3,6,8H2,1H3. The van der Waals surface area contributed by atoms with Gasteiger partial charge in [-0.2, -0.15) is 5.26 Å². The molecule has 1 aromatic carbocycles. The highest BCUT2D eigenvalue weighted by Crippen LogP contribution is 2.48. The maximum Gasteiger partial charge on any atom is 0.130 e. The van der Waals surface area contributed by atoms with Gasteiger partial charge >= 0.3 is 0 Å². The lowest BCUT2D eigenvalue weighted by Crippen LogP contribution is -2.33. The van der Waals surface area contributed by atoms with Gasteiger partial charge in [-0.25, -0.2) is 4.39 Å². The Hall–Kier alpha value is -0.920. The number of halogens is 2. The third-order valence-corrected chi connectivity index (χ3v) is 4.53. The van der Waals surface area contributed by atoms with Crippen LogP contribution in [-0.4, -0.2) is 5.11 Å². The van der Waals surface area contributed by atoms with Gasteiger partial charge in [0, 0.05) is 10.0 Å². The van der Waals surface area contributed by atoms with Crippen LogP contribution in [0.2, 0.25) is 0 Å². The van der Waals surface area contributed by atoms with Gasteiger partial charge in [0.05, 0.1) is 11.5 Å². The van der Waals surface area contributed by atoms with Crippen LogP contribution in [0.3, 0.4) is 0 Å². The monoisotopic (exact) mass is 325 g/mol. The van der Waals surface area contributed by atoms with Crippen molar-refractivity contribution in [3.63, 3.8) is 0 Å². The first kappa shape index (κ1) is 14.5. The quantitative estimate of drug-likeness (QED) is 0.878. The molecule has 1 aromatic rings. The average Bonchev–Trinajstić information content (AvgIpc) is 2.38. The third kappa shape index (κ3) is 2.82. The van der Waals surface area contributed by atoms with Crippen molar-refractivity contribution < 1.29 is 9.50 Å². The number of rotatable bonds is 2. The molecule has 102 valence electrons. The minimum atomic E-state index is -1.06. The van der Waals surface area contributed by atoms with Gasteiger partial charge in [-0.3, -0.25) is 0 Å². The van der Waals surface area contributed by atoms with Crippen LogP contribution in [0.15, 0.2) is 22.7 Å². The fourth-order valence-electron chi connectivity index (χ4n) is 3.02. The van der Waals surface area contributed by atoms with Gasteiger partial charge in [0.2, 0.25) is 0 Å². The SMILES string of the molecule is CC1CCCC(C#N)(C(O)c2ccc(Br)cc2F)C1. The Balaban J connectivity index is 2.35. The Bertz CT molecular complexity index is 513. The molecule has 4 heteroatoms. The minimum absolute atomic E-state index is 0.221. The number of nitriles is 1. The van der Waals surface area contributed by atoms with Gasteiger partial charge in [0.1, 0.15) is 11.9 Å². The van der Waals surface area contributed by atoms with Crippen molar-refractivity contribution in [1.29, 1.82) is 5.26 Å². The van der Waals surface area contributed by atoms with E-state index in [1.54, 1.807) is 12.1 Å². The molecular formula is C15H17BrFNO. The molecule has 3 atom stereocenters. The summed E-state index contributed by atoms with van der Waals surface area (Å²) >= 11 is 3.19. The second-order valence-corrected chi connectivity index (χ2v) is 6.45. The summed E-state index contributed by atoms with van der Waals surface area (Å²) < 4.78 is 14.6. The molecule has 0 amide bonds. The lowest BCUT2D eigenvalue weighted by molar-refractivity contribution is 0.0195. The number of nitrogens with zero attached hydrogens (tertiary/aromatic N) is 1. The molecule has 0 bridgehead atoms. The van der Waals surface area contributed by atoms with E-state index in [4.69, 9.17) is 0 Å². The minimum Gasteiger partial charge on any atom is -0.387 e. The van der Waals surface area contributed by atoms with Gasteiger partial charge in [-0.15, -0.1) is 0 Å². The first-order valence-electron chi connectivity index (χ1n) is 6.53. The number of benzene rings is 1. The maximum atomic E-state index is 14.0. The maximum absolute atomic E-state index is 14.0. The van der Waals surface area contributed by atoms with Crippen molar-refractivity contribution in [2.75, 3.05) is 0 Å². The molecule has 19 heavy (non-hydrogen) atoms. The van der Waals surface area contributed by atoms with Gasteiger partial charge < -0.3 is 5.11 Å².